The lowest BCUT2D eigenvalue weighted by Gasteiger charge is -2.43. The monoisotopic (exact) mass is 333 g/mol. The zero-order valence-corrected chi connectivity index (χ0v) is 16.5. The van der Waals surface area contributed by atoms with Crippen LogP contribution in [0.1, 0.15) is 53.4 Å². The highest BCUT2D eigenvalue weighted by Crippen LogP contribution is 2.30. The summed E-state index contributed by atoms with van der Waals surface area (Å²) < 4.78 is 4.48. The summed E-state index contributed by atoms with van der Waals surface area (Å²) in [7, 11) is 2.23. The van der Waals surface area contributed by atoms with E-state index in [-0.39, 0.29) is 12.5 Å². The van der Waals surface area contributed by atoms with Crippen LogP contribution in [-0.4, -0.2) is 63.3 Å². The van der Waals surface area contributed by atoms with E-state index in [9.17, 15) is 0 Å². The molecule has 1 unspecified atom stereocenters. The van der Waals surface area contributed by atoms with Gasteiger partial charge in [0.2, 0.25) is 5.95 Å². The maximum atomic E-state index is 4.29. The van der Waals surface area contributed by atoms with Crippen molar-refractivity contribution in [2.45, 2.75) is 78.6 Å². The number of nitrogens with zero attached hydrogens (tertiary/aromatic N) is 6. The van der Waals surface area contributed by atoms with Crippen molar-refractivity contribution in [2.24, 2.45) is 0 Å². The fourth-order valence-corrected chi connectivity index (χ4v) is 4.10. The molecule has 0 saturated heterocycles. The summed E-state index contributed by atoms with van der Waals surface area (Å²) in [5.41, 5.74) is -0.192. The van der Waals surface area contributed by atoms with E-state index in [4.69, 9.17) is 0 Å². The number of fused-ring (bicyclic) bond motifs is 1. The summed E-state index contributed by atoms with van der Waals surface area (Å²) in [6.07, 6.45) is 4.76. The van der Waals surface area contributed by atoms with Gasteiger partial charge in [0.1, 0.15) is 0 Å². The molecule has 0 radical (unpaired) electrons. The van der Waals surface area contributed by atoms with Crippen LogP contribution in [0.15, 0.2) is 0 Å². The minimum Gasteiger partial charge on any atom is -0.383 e. The van der Waals surface area contributed by atoms with Crippen molar-refractivity contribution in [3.63, 3.8) is 0 Å². The van der Waals surface area contributed by atoms with Crippen LogP contribution in [0.4, 0.5) is 5.95 Å². The van der Waals surface area contributed by atoms with Crippen molar-refractivity contribution in [1.82, 2.24) is 29.7 Å². The van der Waals surface area contributed by atoms with E-state index in [1.807, 2.05) is 4.68 Å². The van der Waals surface area contributed by atoms with Crippen molar-refractivity contribution in [3.05, 3.63) is 0 Å². The van der Waals surface area contributed by atoms with Gasteiger partial charge in [-0.25, -0.2) is 4.68 Å². The van der Waals surface area contributed by atoms with E-state index in [0.29, 0.717) is 13.0 Å². The number of anilines is 1. The molecule has 1 N–H and O–H groups in total. The van der Waals surface area contributed by atoms with Gasteiger partial charge < -0.3 is 14.8 Å². The molecule has 0 saturated carbocycles. The van der Waals surface area contributed by atoms with Gasteiger partial charge in [-0.15, -0.1) is 0 Å². The predicted molar refractivity (Wildman–Crippen MR) is 102 cm³/mol. The first-order valence-electron chi connectivity index (χ1n) is 9.37. The summed E-state index contributed by atoms with van der Waals surface area (Å²) in [6, 6.07) is 0.343. The zero-order chi connectivity index (χ0) is 17.9. The number of rotatable bonds is 5. The topological polar surface area (TPSA) is 62.1 Å². The summed E-state index contributed by atoms with van der Waals surface area (Å²) in [5, 5.41) is 16.0. The molecular formula is C15H33B2N7. The standard InChI is InChI=1S/C15H33B2N7/c1-8-10-11-12-23-16(5)18-14-19-20-21-24(14)15(3,4)13(9-2)22(7)17(23)6/h13H,8-12H2,1-7H3,(H,18,19,21). The van der Waals surface area contributed by atoms with Gasteiger partial charge in [-0.1, -0.05) is 45.4 Å². The number of nitrogens with one attached hydrogen (secondary N) is 1. The Morgan fingerprint density at radius 3 is 2.54 bits per heavy atom. The smallest absolute Gasteiger partial charge is 0.329 e. The molecule has 1 aliphatic heterocycles. The van der Waals surface area contributed by atoms with E-state index >= 15 is 0 Å². The van der Waals surface area contributed by atoms with Crippen LogP contribution in [0.25, 0.3) is 0 Å². The Morgan fingerprint density at radius 1 is 1.21 bits per heavy atom. The van der Waals surface area contributed by atoms with Crippen LogP contribution in [0.5, 0.6) is 0 Å². The van der Waals surface area contributed by atoms with E-state index < -0.39 is 0 Å². The molecule has 134 valence electrons. The Labute approximate surface area is 147 Å². The summed E-state index contributed by atoms with van der Waals surface area (Å²) in [4.78, 5) is 2.49. The van der Waals surface area contributed by atoms with Crippen molar-refractivity contribution < 1.29 is 0 Å². The molecule has 1 aromatic rings. The van der Waals surface area contributed by atoms with Gasteiger partial charge in [-0.05, 0) is 50.7 Å². The zero-order valence-electron chi connectivity index (χ0n) is 16.5. The van der Waals surface area contributed by atoms with Crippen LogP contribution >= 0.6 is 0 Å². The molecule has 7 nitrogen and oxygen atoms in total. The average molecular weight is 333 g/mol. The molecule has 24 heavy (non-hydrogen) atoms. The minimum atomic E-state index is -0.192. The highest BCUT2D eigenvalue weighted by atomic mass is 15.6. The Hall–Kier alpha value is -1.08. The molecule has 0 bridgehead atoms. The minimum absolute atomic E-state index is 0.176. The lowest BCUT2D eigenvalue weighted by Crippen LogP contribution is -2.61. The molecule has 0 aliphatic carbocycles. The Morgan fingerprint density at radius 2 is 1.92 bits per heavy atom. The van der Waals surface area contributed by atoms with Crippen molar-refractivity contribution in [2.75, 3.05) is 18.8 Å². The second kappa shape index (κ2) is 7.87. The lowest BCUT2D eigenvalue weighted by atomic mass is 9.60. The first-order valence-corrected chi connectivity index (χ1v) is 9.37. The van der Waals surface area contributed by atoms with Gasteiger partial charge in [0, 0.05) is 6.04 Å². The van der Waals surface area contributed by atoms with Crippen molar-refractivity contribution >= 4 is 19.9 Å². The number of aromatic nitrogens is 4. The SMILES string of the molecule is CCCCCN1B(C)Nc2nnnn2C(C)(C)C(CC)N(C)B1C. The normalized spacial score (nSPS) is 22.5. The number of hydrogen-bond donors (Lipinski definition) is 1. The van der Waals surface area contributed by atoms with Gasteiger partial charge >= 0.3 is 6.98 Å². The maximum Gasteiger partial charge on any atom is 0.329 e. The molecule has 1 aliphatic rings. The van der Waals surface area contributed by atoms with Crippen LogP contribution in [0.3, 0.4) is 0 Å². The maximum absolute atomic E-state index is 4.29. The number of unbranched alkanes of at least 4 members (excludes halogenated alkanes) is 2. The lowest BCUT2D eigenvalue weighted by molar-refractivity contribution is 0.155. The van der Waals surface area contributed by atoms with E-state index in [0.717, 1.165) is 18.9 Å². The van der Waals surface area contributed by atoms with Gasteiger partial charge in [0.25, 0.3) is 6.98 Å². The summed E-state index contributed by atoms with van der Waals surface area (Å²) in [6.45, 7) is 15.0. The third-order valence-electron chi connectivity index (χ3n) is 5.63. The number of tetrazole rings is 1. The third kappa shape index (κ3) is 3.61. The quantitative estimate of drug-likeness (QED) is 0.659. The van der Waals surface area contributed by atoms with E-state index in [1.54, 1.807) is 0 Å². The van der Waals surface area contributed by atoms with Gasteiger partial charge in [-0.3, -0.25) is 0 Å². The number of hydrogen-bond acceptors (Lipinski definition) is 6. The number of likely N-dealkylation sites (N-methyl/N-ethyl adjacent to an activating group) is 1. The second-order valence-corrected chi connectivity index (χ2v) is 7.55. The third-order valence-corrected chi connectivity index (χ3v) is 5.63. The molecule has 2 heterocycles. The molecular weight excluding hydrogens is 300 g/mol. The fourth-order valence-electron chi connectivity index (χ4n) is 4.10. The molecule has 9 heteroatoms. The predicted octanol–water partition coefficient (Wildman–Crippen LogP) is 2.27. The van der Waals surface area contributed by atoms with Crippen LogP contribution in [-0.2, 0) is 5.54 Å². The van der Waals surface area contributed by atoms with E-state index in [1.165, 1.54) is 19.3 Å². The molecule has 1 aromatic heterocycles. The van der Waals surface area contributed by atoms with E-state index in [2.05, 4.69) is 78.7 Å². The van der Waals surface area contributed by atoms with Crippen LogP contribution in [0.2, 0.25) is 13.6 Å². The molecule has 0 fully saturated rings. The first kappa shape index (κ1) is 19.2. The highest BCUT2D eigenvalue weighted by molar-refractivity contribution is 6.71. The van der Waals surface area contributed by atoms with Gasteiger partial charge in [0.15, 0.2) is 0 Å². The van der Waals surface area contributed by atoms with Gasteiger partial charge in [0.05, 0.1) is 5.54 Å². The molecule has 2 rings (SSSR count). The summed E-state index contributed by atoms with van der Waals surface area (Å²) >= 11 is 0. The first-order chi connectivity index (χ1) is 11.3. The molecule has 0 aromatic carbocycles. The largest absolute Gasteiger partial charge is 0.383 e. The molecule has 0 spiro atoms. The second-order valence-electron chi connectivity index (χ2n) is 7.55. The highest BCUT2D eigenvalue weighted by Gasteiger charge is 2.43. The molecule has 1 atom stereocenters. The Kier molecular flexibility index (Phi) is 6.31. The van der Waals surface area contributed by atoms with Crippen molar-refractivity contribution in [3.8, 4) is 0 Å². The van der Waals surface area contributed by atoms with Gasteiger partial charge in [-0.2, -0.15) is 0 Å². The van der Waals surface area contributed by atoms with Crippen molar-refractivity contribution in [1.29, 1.82) is 0 Å². The Balaban J connectivity index is 2.39. The molecule has 0 amide bonds. The van der Waals surface area contributed by atoms with Crippen LogP contribution in [0, 0.1) is 0 Å². The fraction of sp³-hybridized carbons (Fsp3) is 0.933. The Bertz CT molecular complexity index is 522. The summed E-state index contributed by atoms with van der Waals surface area (Å²) in [5.74, 6) is 0.758. The average Bonchev–Trinajstić information content (AvgIpc) is 2.99. The van der Waals surface area contributed by atoms with Crippen LogP contribution < -0.4 is 5.23 Å².